The van der Waals surface area contributed by atoms with Gasteiger partial charge in [0.1, 0.15) is 11.9 Å². The Kier molecular flexibility index (Phi) is 6.35. The molecule has 5 nitrogen and oxygen atoms in total. The number of rotatable bonds is 7. The average molecular weight is 418 g/mol. The molecule has 1 aliphatic heterocycles. The number of nitrogens with zero attached hydrogens (tertiary/aromatic N) is 1. The molecule has 1 saturated heterocycles. The van der Waals surface area contributed by atoms with E-state index in [0.29, 0.717) is 25.0 Å². The lowest BCUT2D eigenvalue weighted by Gasteiger charge is -2.48. The van der Waals surface area contributed by atoms with Crippen LogP contribution in [0.5, 0.6) is 5.75 Å². The van der Waals surface area contributed by atoms with Crippen LogP contribution >= 0.6 is 0 Å². The topological polar surface area (TPSA) is 59.0 Å². The Morgan fingerprint density at radius 2 is 1.58 bits per heavy atom. The van der Waals surface area contributed by atoms with Crippen molar-refractivity contribution in [3.05, 3.63) is 102 Å². The summed E-state index contributed by atoms with van der Waals surface area (Å²) in [4.78, 5) is 14.6. The van der Waals surface area contributed by atoms with E-state index < -0.39 is 11.8 Å². The minimum atomic E-state index is -1.56. The molecule has 0 spiro atoms. The number of piperidine rings is 1. The molecular formula is C26H27NO4. The molecule has 0 aromatic heterocycles. The summed E-state index contributed by atoms with van der Waals surface area (Å²) in [6.45, 7) is 0.643. The van der Waals surface area contributed by atoms with Crippen molar-refractivity contribution in [2.24, 2.45) is 0 Å². The summed E-state index contributed by atoms with van der Waals surface area (Å²) in [7, 11) is 1.62. The van der Waals surface area contributed by atoms with Crippen LogP contribution < -0.4 is 4.74 Å². The number of ether oxygens (including phenoxy) is 2. The van der Waals surface area contributed by atoms with Gasteiger partial charge < -0.3 is 19.5 Å². The van der Waals surface area contributed by atoms with Gasteiger partial charge in [-0.05, 0) is 29.7 Å². The van der Waals surface area contributed by atoms with Crippen LogP contribution in [0.2, 0.25) is 0 Å². The third-order valence-corrected chi connectivity index (χ3v) is 5.77. The van der Waals surface area contributed by atoms with E-state index in [0.717, 1.165) is 16.9 Å². The highest BCUT2D eigenvalue weighted by Crippen LogP contribution is 2.39. The van der Waals surface area contributed by atoms with E-state index in [1.807, 2.05) is 84.9 Å². The van der Waals surface area contributed by atoms with E-state index in [9.17, 15) is 9.90 Å². The maximum absolute atomic E-state index is 13.0. The molecule has 2 atom stereocenters. The minimum Gasteiger partial charge on any atom is -0.497 e. The van der Waals surface area contributed by atoms with Gasteiger partial charge in [0.25, 0.3) is 0 Å². The second-order valence-corrected chi connectivity index (χ2v) is 7.74. The summed E-state index contributed by atoms with van der Waals surface area (Å²) in [5, 5.41) is 12.0. The summed E-state index contributed by atoms with van der Waals surface area (Å²) in [6.07, 6.45) is 0.229. The second kappa shape index (κ2) is 9.33. The van der Waals surface area contributed by atoms with Gasteiger partial charge in [-0.15, -0.1) is 0 Å². The van der Waals surface area contributed by atoms with E-state index in [1.165, 1.54) is 0 Å². The Bertz CT molecular complexity index is 991. The fraction of sp³-hybridized carbons (Fsp3) is 0.269. The van der Waals surface area contributed by atoms with Gasteiger partial charge in [0, 0.05) is 18.5 Å². The zero-order valence-corrected chi connectivity index (χ0v) is 17.6. The van der Waals surface area contributed by atoms with Gasteiger partial charge in [-0.2, -0.15) is 0 Å². The van der Waals surface area contributed by atoms with Gasteiger partial charge in [0.2, 0.25) is 5.91 Å². The van der Waals surface area contributed by atoms with Crippen molar-refractivity contribution < 1.29 is 19.4 Å². The molecule has 3 aromatic carbocycles. The Labute approximate surface area is 182 Å². The first-order valence-electron chi connectivity index (χ1n) is 10.5. The largest absolute Gasteiger partial charge is 0.497 e. The zero-order chi connectivity index (χ0) is 21.7. The molecule has 1 aliphatic rings. The van der Waals surface area contributed by atoms with Gasteiger partial charge in [-0.3, -0.25) is 4.79 Å². The van der Waals surface area contributed by atoms with E-state index in [2.05, 4.69) is 0 Å². The first-order chi connectivity index (χ1) is 15.1. The lowest BCUT2D eigenvalue weighted by molar-refractivity contribution is -0.228. The van der Waals surface area contributed by atoms with Crippen molar-refractivity contribution in [1.29, 1.82) is 0 Å². The predicted molar refractivity (Wildman–Crippen MR) is 118 cm³/mol. The molecule has 1 amide bonds. The lowest BCUT2D eigenvalue weighted by Crippen LogP contribution is -2.60. The van der Waals surface area contributed by atoms with Gasteiger partial charge in [-0.1, -0.05) is 72.8 Å². The van der Waals surface area contributed by atoms with Crippen LogP contribution in [0.4, 0.5) is 0 Å². The van der Waals surface area contributed by atoms with E-state index in [1.54, 1.807) is 12.0 Å². The maximum atomic E-state index is 13.0. The monoisotopic (exact) mass is 417 g/mol. The summed E-state index contributed by atoms with van der Waals surface area (Å²) in [5.74, 6) is 0.651. The number of benzene rings is 3. The first-order valence-corrected chi connectivity index (χ1v) is 10.5. The summed E-state index contributed by atoms with van der Waals surface area (Å²) >= 11 is 0. The third kappa shape index (κ3) is 4.48. The van der Waals surface area contributed by atoms with Crippen LogP contribution in [-0.2, 0) is 28.4 Å². The first kappa shape index (κ1) is 21.1. The lowest BCUT2D eigenvalue weighted by atomic mass is 9.87. The fourth-order valence-corrected chi connectivity index (χ4v) is 4.07. The normalized spacial score (nSPS) is 21.2. The van der Waals surface area contributed by atoms with Gasteiger partial charge >= 0.3 is 0 Å². The molecule has 0 bridgehead atoms. The quantitative estimate of drug-likeness (QED) is 0.624. The van der Waals surface area contributed by atoms with Crippen molar-refractivity contribution in [1.82, 2.24) is 4.90 Å². The number of methoxy groups -OCH3 is 1. The standard InChI is InChI=1S/C26H27NO4/c1-30-23-14-12-20(13-15-23)18-27-25(28)17-16-24(31-19-21-8-4-2-5-9-21)26(27,29)22-10-6-3-7-11-22/h2-15,24,29H,16-19H2,1H3/t24-,26?/m0/s1. The maximum Gasteiger partial charge on any atom is 0.225 e. The number of aliphatic hydroxyl groups is 1. The van der Waals surface area contributed by atoms with Gasteiger partial charge in [-0.25, -0.2) is 0 Å². The van der Waals surface area contributed by atoms with Gasteiger partial charge in [0.15, 0.2) is 5.72 Å². The molecule has 4 rings (SSSR count). The highest BCUT2D eigenvalue weighted by Gasteiger charge is 2.50. The third-order valence-electron chi connectivity index (χ3n) is 5.77. The van der Waals surface area contributed by atoms with Gasteiger partial charge in [0.05, 0.1) is 13.7 Å². The molecule has 0 radical (unpaired) electrons. The van der Waals surface area contributed by atoms with Crippen molar-refractivity contribution >= 4 is 5.91 Å². The summed E-state index contributed by atoms with van der Waals surface area (Å²) in [6, 6.07) is 26.7. The molecule has 5 heteroatoms. The predicted octanol–water partition coefficient (Wildman–Crippen LogP) is 4.25. The van der Waals surface area contributed by atoms with Crippen LogP contribution in [0.25, 0.3) is 0 Å². The van der Waals surface area contributed by atoms with Crippen molar-refractivity contribution in [3.8, 4) is 5.75 Å². The Morgan fingerprint density at radius 1 is 0.935 bits per heavy atom. The number of carbonyl (C=O) groups excluding carboxylic acids is 1. The molecule has 1 N–H and O–H groups in total. The Morgan fingerprint density at radius 3 is 2.23 bits per heavy atom. The molecule has 0 aliphatic carbocycles. The van der Waals surface area contributed by atoms with Crippen LogP contribution in [0, 0.1) is 0 Å². The second-order valence-electron chi connectivity index (χ2n) is 7.74. The fourth-order valence-electron chi connectivity index (χ4n) is 4.07. The molecule has 0 saturated carbocycles. The number of hydrogen-bond acceptors (Lipinski definition) is 4. The molecule has 1 heterocycles. The van der Waals surface area contributed by atoms with Crippen LogP contribution in [0.15, 0.2) is 84.9 Å². The van der Waals surface area contributed by atoms with E-state index >= 15 is 0 Å². The van der Waals surface area contributed by atoms with Crippen molar-refractivity contribution in [2.75, 3.05) is 7.11 Å². The summed E-state index contributed by atoms with van der Waals surface area (Å²) in [5.41, 5.74) is 1.02. The van der Waals surface area contributed by atoms with Crippen LogP contribution in [-0.4, -0.2) is 29.1 Å². The molecule has 1 unspecified atom stereocenters. The number of likely N-dealkylation sites (tertiary alicyclic amines) is 1. The van der Waals surface area contributed by atoms with Crippen LogP contribution in [0.1, 0.15) is 29.5 Å². The molecule has 1 fully saturated rings. The smallest absolute Gasteiger partial charge is 0.225 e. The Hall–Kier alpha value is -3.15. The highest BCUT2D eigenvalue weighted by atomic mass is 16.5. The summed E-state index contributed by atoms with van der Waals surface area (Å²) < 4.78 is 11.5. The van der Waals surface area contributed by atoms with Crippen molar-refractivity contribution in [2.45, 2.75) is 37.8 Å². The van der Waals surface area contributed by atoms with Crippen LogP contribution in [0.3, 0.4) is 0 Å². The molecule has 31 heavy (non-hydrogen) atoms. The highest BCUT2D eigenvalue weighted by molar-refractivity contribution is 5.78. The van der Waals surface area contributed by atoms with E-state index in [4.69, 9.17) is 9.47 Å². The number of carbonyl (C=O) groups is 1. The molecule has 3 aromatic rings. The number of hydrogen-bond donors (Lipinski definition) is 1. The Balaban J connectivity index is 1.65. The molecular weight excluding hydrogens is 390 g/mol. The number of amides is 1. The van der Waals surface area contributed by atoms with E-state index in [-0.39, 0.29) is 12.5 Å². The average Bonchev–Trinajstić information content (AvgIpc) is 2.83. The SMILES string of the molecule is COc1ccc(CN2C(=O)CC[C@H](OCc3ccccc3)C2(O)c2ccccc2)cc1. The zero-order valence-electron chi connectivity index (χ0n) is 17.6. The minimum absolute atomic E-state index is 0.0956. The molecule has 160 valence electrons. The van der Waals surface area contributed by atoms with Crippen molar-refractivity contribution in [3.63, 3.8) is 0 Å².